The van der Waals surface area contributed by atoms with Crippen LogP contribution < -0.4 is 11.1 Å². The van der Waals surface area contributed by atoms with Gasteiger partial charge < -0.3 is 15.8 Å². The molecule has 0 radical (unpaired) electrons. The minimum absolute atomic E-state index is 0.117. The highest BCUT2D eigenvalue weighted by Gasteiger charge is 2.17. The number of amides is 1. The third-order valence-electron chi connectivity index (χ3n) is 2.72. The Labute approximate surface area is 91.5 Å². The lowest BCUT2D eigenvalue weighted by atomic mass is 10.1. The van der Waals surface area contributed by atoms with Gasteiger partial charge in [-0.1, -0.05) is 0 Å². The second-order valence-electron chi connectivity index (χ2n) is 4.22. The zero-order valence-corrected chi connectivity index (χ0v) is 9.50. The number of hydrogen-bond donors (Lipinski definition) is 2. The molecule has 0 spiro atoms. The number of carbonyl (C=O) groups is 1. The van der Waals surface area contributed by atoms with E-state index < -0.39 is 0 Å². The third-order valence-corrected chi connectivity index (χ3v) is 2.72. The molecule has 1 rings (SSSR count). The van der Waals surface area contributed by atoms with Crippen LogP contribution in [0.3, 0.4) is 0 Å². The van der Waals surface area contributed by atoms with E-state index in [0.29, 0.717) is 19.1 Å². The van der Waals surface area contributed by atoms with Crippen molar-refractivity contribution < 1.29 is 9.53 Å². The monoisotopic (exact) mass is 214 g/mol. The highest BCUT2D eigenvalue weighted by Crippen LogP contribution is 2.16. The number of nitrogens with two attached hydrogens (primary N) is 1. The first kappa shape index (κ1) is 12.5. The van der Waals surface area contributed by atoms with Crippen molar-refractivity contribution in [2.45, 2.75) is 51.2 Å². The number of carbonyl (C=O) groups excluding carboxylic acids is 1. The maximum atomic E-state index is 11.5. The Morgan fingerprint density at radius 2 is 2.47 bits per heavy atom. The van der Waals surface area contributed by atoms with Crippen molar-refractivity contribution >= 4 is 5.91 Å². The second kappa shape index (κ2) is 6.80. The number of rotatable bonds is 6. The number of ether oxygens (including phenoxy) is 1. The molecule has 2 atom stereocenters. The molecule has 4 nitrogen and oxygen atoms in total. The van der Waals surface area contributed by atoms with Gasteiger partial charge in [0.1, 0.15) is 0 Å². The van der Waals surface area contributed by atoms with Crippen LogP contribution >= 0.6 is 0 Å². The summed E-state index contributed by atoms with van der Waals surface area (Å²) in [6.07, 6.45) is 4.80. The Bertz CT molecular complexity index is 191. The summed E-state index contributed by atoms with van der Waals surface area (Å²) in [5.41, 5.74) is 5.41. The molecular formula is C11H22N2O2. The molecular weight excluding hydrogens is 192 g/mol. The molecule has 15 heavy (non-hydrogen) atoms. The van der Waals surface area contributed by atoms with Gasteiger partial charge in [0.25, 0.3) is 0 Å². The molecule has 2 unspecified atom stereocenters. The zero-order chi connectivity index (χ0) is 11.1. The second-order valence-corrected chi connectivity index (χ2v) is 4.22. The molecule has 1 saturated heterocycles. The normalized spacial score (nSPS) is 22.7. The molecule has 1 aliphatic rings. The summed E-state index contributed by atoms with van der Waals surface area (Å²) in [6.45, 7) is 3.46. The SMILES string of the molecule is CC(CCN)NC(=O)CCC1CCCO1. The fourth-order valence-corrected chi connectivity index (χ4v) is 1.83. The summed E-state index contributed by atoms with van der Waals surface area (Å²) < 4.78 is 5.46. The molecule has 0 aromatic rings. The van der Waals surface area contributed by atoms with E-state index in [1.165, 1.54) is 0 Å². The molecule has 3 N–H and O–H groups in total. The molecule has 1 amide bonds. The molecule has 88 valence electrons. The minimum atomic E-state index is 0.117. The van der Waals surface area contributed by atoms with Crippen molar-refractivity contribution in [3.8, 4) is 0 Å². The quantitative estimate of drug-likeness (QED) is 0.687. The average molecular weight is 214 g/mol. The fourth-order valence-electron chi connectivity index (χ4n) is 1.83. The van der Waals surface area contributed by atoms with Gasteiger partial charge >= 0.3 is 0 Å². The van der Waals surface area contributed by atoms with Crippen LogP contribution in [0.1, 0.15) is 39.0 Å². The van der Waals surface area contributed by atoms with Gasteiger partial charge in [-0.25, -0.2) is 0 Å². The van der Waals surface area contributed by atoms with Crippen LogP contribution in [-0.2, 0) is 9.53 Å². The van der Waals surface area contributed by atoms with Crippen LogP contribution in [-0.4, -0.2) is 31.2 Å². The van der Waals surface area contributed by atoms with Crippen molar-refractivity contribution in [2.75, 3.05) is 13.2 Å². The maximum absolute atomic E-state index is 11.5. The Hall–Kier alpha value is -0.610. The van der Waals surface area contributed by atoms with Gasteiger partial charge in [-0.2, -0.15) is 0 Å². The first-order valence-corrected chi connectivity index (χ1v) is 5.83. The summed E-state index contributed by atoms with van der Waals surface area (Å²) >= 11 is 0. The van der Waals surface area contributed by atoms with E-state index >= 15 is 0 Å². The van der Waals surface area contributed by atoms with Crippen LogP contribution in [0.5, 0.6) is 0 Å². The average Bonchev–Trinajstić information content (AvgIpc) is 2.67. The maximum Gasteiger partial charge on any atom is 0.220 e. The third kappa shape index (κ3) is 5.14. The van der Waals surface area contributed by atoms with Crippen LogP contribution in [0.2, 0.25) is 0 Å². The van der Waals surface area contributed by atoms with Gasteiger partial charge in [0, 0.05) is 19.1 Å². The smallest absolute Gasteiger partial charge is 0.220 e. The van der Waals surface area contributed by atoms with Crippen molar-refractivity contribution in [1.82, 2.24) is 5.32 Å². The van der Waals surface area contributed by atoms with Gasteiger partial charge in [-0.05, 0) is 39.2 Å². The Morgan fingerprint density at radius 3 is 3.07 bits per heavy atom. The first-order chi connectivity index (χ1) is 7.22. The van der Waals surface area contributed by atoms with Crippen LogP contribution in [0.25, 0.3) is 0 Å². The van der Waals surface area contributed by atoms with E-state index in [0.717, 1.165) is 32.3 Å². The fraction of sp³-hybridized carbons (Fsp3) is 0.909. The van der Waals surface area contributed by atoms with Gasteiger partial charge in [0.15, 0.2) is 0 Å². The van der Waals surface area contributed by atoms with Gasteiger partial charge in [-0.3, -0.25) is 4.79 Å². The molecule has 0 aromatic carbocycles. The van der Waals surface area contributed by atoms with Crippen molar-refractivity contribution in [1.29, 1.82) is 0 Å². The van der Waals surface area contributed by atoms with Crippen LogP contribution in [0.4, 0.5) is 0 Å². The highest BCUT2D eigenvalue weighted by atomic mass is 16.5. The summed E-state index contributed by atoms with van der Waals surface area (Å²) in [4.78, 5) is 11.5. The topological polar surface area (TPSA) is 64.3 Å². The summed E-state index contributed by atoms with van der Waals surface area (Å²) in [5, 5.41) is 2.93. The van der Waals surface area contributed by atoms with E-state index in [2.05, 4.69) is 5.32 Å². The molecule has 1 heterocycles. The van der Waals surface area contributed by atoms with E-state index in [4.69, 9.17) is 10.5 Å². The van der Waals surface area contributed by atoms with E-state index in [-0.39, 0.29) is 11.9 Å². The molecule has 0 aromatic heterocycles. The predicted molar refractivity (Wildman–Crippen MR) is 59.5 cm³/mol. The first-order valence-electron chi connectivity index (χ1n) is 5.83. The van der Waals surface area contributed by atoms with Gasteiger partial charge in [0.05, 0.1) is 6.10 Å². The van der Waals surface area contributed by atoms with Gasteiger partial charge in [0.2, 0.25) is 5.91 Å². The lowest BCUT2D eigenvalue weighted by Gasteiger charge is -2.13. The van der Waals surface area contributed by atoms with Crippen molar-refractivity contribution in [2.24, 2.45) is 5.73 Å². The van der Waals surface area contributed by atoms with Gasteiger partial charge in [-0.15, -0.1) is 0 Å². The number of nitrogens with one attached hydrogen (secondary N) is 1. The molecule has 0 aliphatic carbocycles. The largest absolute Gasteiger partial charge is 0.378 e. The highest BCUT2D eigenvalue weighted by molar-refractivity contribution is 5.76. The Kier molecular flexibility index (Phi) is 5.65. The lowest BCUT2D eigenvalue weighted by Crippen LogP contribution is -2.34. The molecule has 1 fully saturated rings. The van der Waals surface area contributed by atoms with Crippen LogP contribution in [0.15, 0.2) is 0 Å². The summed E-state index contributed by atoms with van der Waals surface area (Å²) in [6, 6.07) is 0.187. The summed E-state index contributed by atoms with van der Waals surface area (Å²) in [7, 11) is 0. The summed E-state index contributed by atoms with van der Waals surface area (Å²) in [5.74, 6) is 0.117. The molecule has 0 saturated carbocycles. The Morgan fingerprint density at radius 1 is 1.67 bits per heavy atom. The zero-order valence-electron chi connectivity index (χ0n) is 9.50. The lowest BCUT2D eigenvalue weighted by molar-refractivity contribution is -0.122. The molecule has 1 aliphatic heterocycles. The minimum Gasteiger partial charge on any atom is -0.378 e. The van der Waals surface area contributed by atoms with Crippen LogP contribution in [0, 0.1) is 0 Å². The van der Waals surface area contributed by atoms with E-state index in [1.807, 2.05) is 6.92 Å². The Balaban J connectivity index is 2.07. The predicted octanol–water partition coefficient (Wildman–Crippen LogP) is 0.799. The number of hydrogen-bond acceptors (Lipinski definition) is 3. The standard InChI is InChI=1S/C11H22N2O2/c1-9(6-7-12)13-11(14)5-4-10-3-2-8-15-10/h9-10H,2-8,12H2,1H3,(H,13,14). The van der Waals surface area contributed by atoms with Crippen molar-refractivity contribution in [3.05, 3.63) is 0 Å². The molecule has 4 heteroatoms. The van der Waals surface area contributed by atoms with E-state index in [1.54, 1.807) is 0 Å². The van der Waals surface area contributed by atoms with E-state index in [9.17, 15) is 4.79 Å². The molecule has 0 bridgehead atoms. The van der Waals surface area contributed by atoms with Crippen molar-refractivity contribution in [3.63, 3.8) is 0 Å².